The Morgan fingerprint density at radius 1 is 1.41 bits per heavy atom. The van der Waals surface area contributed by atoms with Crippen LogP contribution in [0.5, 0.6) is 0 Å². The summed E-state index contributed by atoms with van der Waals surface area (Å²) in [5.41, 5.74) is 0.477. The van der Waals surface area contributed by atoms with Crippen molar-refractivity contribution in [2.45, 2.75) is 17.0 Å². The standard InChI is InChI=1S/C11H9ClN4S/c1-7-14-15-11(16(7)2)17-9-4-3-8(6-13)10(12)5-9/h3-5H,1-2H3. The van der Waals surface area contributed by atoms with Crippen LogP contribution in [0.15, 0.2) is 28.3 Å². The highest BCUT2D eigenvalue weighted by Crippen LogP contribution is 2.29. The number of halogens is 1. The highest BCUT2D eigenvalue weighted by atomic mass is 35.5. The van der Waals surface area contributed by atoms with Crippen molar-refractivity contribution >= 4 is 23.4 Å². The second kappa shape index (κ2) is 4.78. The van der Waals surface area contributed by atoms with E-state index < -0.39 is 0 Å². The predicted octanol–water partition coefficient (Wildman–Crippen LogP) is 2.80. The molecular weight excluding hydrogens is 256 g/mol. The highest BCUT2D eigenvalue weighted by molar-refractivity contribution is 7.99. The zero-order valence-corrected chi connectivity index (χ0v) is 10.9. The Balaban J connectivity index is 2.29. The summed E-state index contributed by atoms with van der Waals surface area (Å²) in [4.78, 5) is 0.935. The Labute approximate surface area is 108 Å². The molecule has 0 atom stereocenters. The first-order valence-corrected chi connectivity index (χ1v) is 6.04. The van der Waals surface area contributed by atoms with Crippen LogP contribution in [0.1, 0.15) is 11.4 Å². The first kappa shape index (κ1) is 12.0. The average molecular weight is 265 g/mol. The van der Waals surface area contributed by atoms with Crippen molar-refractivity contribution in [1.82, 2.24) is 14.8 Å². The number of rotatable bonds is 2. The van der Waals surface area contributed by atoms with Crippen molar-refractivity contribution in [3.05, 3.63) is 34.6 Å². The van der Waals surface area contributed by atoms with Crippen LogP contribution in [0, 0.1) is 18.3 Å². The molecule has 0 aliphatic rings. The Morgan fingerprint density at radius 3 is 2.71 bits per heavy atom. The van der Waals surface area contributed by atoms with Crippen LogP contribution in [0.3, 0.4) is 0 Å². The van der Waals surface area contributed by atoms with E-state index in [9.17, 15) is 0 Å². The quantitative estimate of drug-likeness (QED) is 0.837. The van der Waals surface area contributed by atoms with Gasteiger partial charge < -0.3 is 4.57 Å². The zero-order valence-electron chi connectivity index (χ0n) is 9.31. The molecular formula is C11H9ClN4S. The van der Waals surface area contributed by atoms with Crippen LogP contribution in [-0.4, -0.2) is 14.8 Å². The maximum absolute atomic E-state index is 8.78. The van der Waals surface area contributed by atoms with E-state index in [2.05, 4.69) is 10.2 Å². The van der Waals surface area contributed by atoms with Crippen molar-refractivity contribution in [2.24, 2.45) is 7.05 Å². The molecule has 2 aromatic rings. The summed E-state index contributed by atoms with van der Waals surface area (Å²) in [6, 6.07) is 7.33. The smallest absolute Gasteiger partial charge is 0.195 e. The van der Waals surface area contributed by atoms with Gasteiger partial charge in [-0.3, -0.25) is 0 Å². The minimum atomic E-state index is 0.455. The summed E-state index contributed by atoms with van der Waals surface area (Å²) in [5.74, 6) is 0.854. The molecule has 4 nitrogen and oxygen atoms in total. The predicted molar refractivity (Wildman–Crippen MR) is 66.0 cm³/mol. The molecule has 0 radical (unpaired) electrons. The number of benzene rings is 1. The molecule has 0 fully saturated rings. The summed E-state index contributed by atoms with van der Waals surface area (Å²) in [7, 11) is 1.91. The first-order valence-electron chi connectivity index (χ1n) is 4.85. The maximum Gasteiger partial charge on any atom is 0.195 e. The average Bonchev–Trinajstić information content (AvgIpc) is 2.61. The molecule has 0 saturated carbocycles. The third-order valence-corrected chi connectivity index (χ3v) is 3.66. The van der Waals surface area contributed by atoms with Crippen LogP contribution < -0.4 is 0 Å². The van der Waals surface area contributed by atoms with Crippen LogP contribution >= 0.6 is 23.4 Å². The molecule has 0 unspecified atom stereocenters. The van der Waals surface area contributed by atoms with Crippen molar-refractivity contribution in [2.75, 3.05) is 0 Å². The SMILES string of the molecule is Cc1nnc(Sc2ccc(C#N)c(Cl)c2)n1C. The Kier molecular flexibility index (Phi) is 3.36. The van der Waals surface area contributed by atoms with Gasteiger partial charge in [0.2, 0.25) is 0 Å². The molecule has 0 bridgehead atoms. The molecule has 0 spiro atoms. The van der Waals surface area contributed by atoms with E-state index in [-0.39, 0.29) is 0 Å². The third-order valence-electron chi connectivity index (χ3n) is 2.32. The molecule has 86 valence electrons. The summed E-state index contributed by atoms with van der Waals surface area (Å²) < 4.78 is 1.90. The zero-order chi connectivity index (χ0) is 12.4. The molecule has 0 amide bonds. The molecule has 1 heterocycles. The minimum Gasteiger partial charge on any atom is -0.309 e. The Bertz CT molecular complexity index is 600. The molecule has 1 aromatic heterocycles. The van der Waals surface area contributed by atoms with E-state index in [0.29, 0.717) is 10.6 Å². The van der Waals surface area contributed by atoms with Crippen molar-refractivity contribution in [3.8, 4) is 6.07 Å². The monoisotopic (exact) mass is 264 g/mol. The molecule has 0 aliphatic heterocycles. The largest absolute Gasteiger partial charge is 0.309 e. The van der Waals surface area contributed by atoms with Gasteiger partial charge in [0.25, 0.3) is 0 Å². The third kappa shape index (κ3) is 2.43. The van der Waals surface area contributed by atoms with Crippen LogP contribution in [-0.2, 0) is 7.05 Å². The van der Waals surface area contributed by atoms with Gasteiger partial charge in [0, 0.05) is 11.9 Å². The first-order chi connectivity index (χ1) is 8.11. The molecule has 6 heteroatoms. The van der Waals surface area contributed by atoms with Gasteiger partial charge in [0.1, 0.15) is 11.9 Å². The molecule has 2 rings (SSSR count). The van der Waals surface area contributed by atoms with Gasteiger partial charge in [-0.2, -0.15) is 5.26 Å². The van der Waals surface area contributed by atoms with E-state index in [1.54, 1.807) is 12.1 Å². The van der Waals surface area contributed by atoms with Gasteiger partial charge in [-0.25, -0.2) is 0 Å². The van der Waals surface area contributed by atoms with E-state index in [4.69, 9.17) is 16.9 Å². The van der Waals surface area contributed by atoms with Gasteiger partial charge in [-0.1, -0.05) is 11.6 Å². The normalized spacial score (nSPS) is 10.2. The number of hydrogen-bond acceptors (Lipinski definition) is 4. The number of nitrogens with zero attached hydrogens (tertiary/aromatic N) is 4. The van der Waals surface area contributed by atoms with Gasteiger partial charge >= 0.3 is 0 Å². The van der Waals surface area contributed by atoms with E-state index >= 15 is 0 Å². The fourth-order valence-corrected chi connectivity index (χ4v) is 2.39. The number of aryl methyl sites for hydroxylation is 1. The fraction of sp³-hybridized carbons (Fsp3) is 0.182. The van der Waals surface area contributed by atoms with Gasteiger partial charge in [-0.05, 0) is 36.9 Å². The summed E-state index contributed by atoms with van der Waals surface area (Å²) in [6.07, 6.45) is 0. The molecule has 0 N–H and O–H groups in total. The van der Waals surface area contributed by atoms with Crippen LogP contribution in [0.2, 0.25) is 5.02 Å². The van der Waals surface area contributed by atoms with Gasteiger partial charge in [0.15, 0.2) is 5.16 Å². The number of hydrogen-bond donors (Lipinski definition) is 0. The fourth-order valence-electron chi connectivity index (χ4n) is 1.23. The lowest BCUT2D eigenvalue weighted by Gasteiger charge is -2.02. The summed E-state index contributed by atoms with van der Waals surface area (Å²) in [6.45, 7) is 1.89. The molecule has 0 saturated heterocycles. The second-order valence-corrected chi connectivity index (χ2v) is 4.89. The Hall–Kier alpha value is -1.51. The van der Waals surface area contributed by atoms with Crippen molar-refractivity contribution in [3.63, 3.8) is 0 Å². The summed E-state index contributed by atoms with van der Waals surface area (Å²) in [5, 5.41) is 18.1. The topological polar surface area (TPSA) is 54.5 Å². The van der Waals surface area contributed by atoms with Crippen LogP contribution in [0.4, 0.5) is 0 Å². The molecule has 0 aliphatic carbocycles. The lowest BCUT2D eigenvalue weighted by Crippen LogP contribution is -1.93. The highest BCUT2D eigenvalue weighted by Gasteiger charge is 2.08. The van der Waals surface area contributed by atoms with Crippen LogP contribution in [0.25, 0.3) is 0 Å². The number of nitriles is 1. The minimum absolute atomic E-state index is 0.455. The van der Waals surface area contributed by atoms with E-state index in [1.807, 2.05) is 30.7 Å². The van der Waals surface area contributed by atoms with E-state index in [1.165, 1.54) is 11.8 Å². The lowest BCUT2D eigenvalue weighted by molar-refractivity contribution is 0.765. The van der Waals surface area contributed by atoms with Gasteiger partial charge in [-0.15, -0.1) is 10.2 Å². The maximum atomic E-state index is 8.78. The Morgan fingerprint density at radius 2 is 2.18 bits per heavy atom. The molecule has 17 heavy (non-hydrogen) atoms. The second-order valence-electron chi connectivity index (χ2n) is 3.44. The molecule has 1 aromatic carbocycles. The van der Waals surface area contributed by atoms with Gasteiger partial charge in [0.05, 0.1) is 10.6 Å². The van der Waals surface area contributed by atoms with Crippen molar-refractivity contribution < 1.29 is 0 Å². The van der Waals surface area contributed by atoms with Crippen molar-refractivity contribution in [1.29, 1.82) is 5.26 Å². The lowest BCUT2D eigenvalue weighted by atomic mass is 10.2. The van der Waals surface area contributed by atoms with E-state index in [0.717, 1.165) is 15.9 Å². The number of aromatic nitrogens is 3. The summed E-state index contributed by atoms with van der Waals surface area (Å²) >= 11 is 7.43.